The second-order valence-corrected chi connectivity index (χ2v) is 8.59. The van der Waals surface area contributed by atoms with Crippen LogP contribution in [-0.4, -0.2) is 39.0 Å². The third kappa shape index (κ3) is 5.57. The highest BCUT2D eigenvalue weighted by atomic mass is 32.2. The first-order valence-corrected chi connectivity index (χ1v) is 11.4. The van der Waals surface area contributed by atoms with Crippen LogP contribution in [0.25, 0.3) is 0 Å². The molecule has 154 valence electrons. The van der Waals surface area contributed by atoms with Crippen LogP contribution in [0.1, 0.15) is 68.0 Å². The van der Waals surface area contributed by atoms with E-state index in [4.69, 9.17) is 4.74 Å². The molecular formula is C19H28N4O3S2. The molecule has 9 heteroatoms. The number of aromatic nitrogens is 3. The Labute approximate surface area is 174 Å². The average molecular weight is 425 g/mol. The molecule has 0 aliphatic carbocycles. The minimum Gasteiger partial charge on any atom is -0.462 e. The van der Waals surface area contributed by atoms with Gasteiger partial charge in [0.25, 0.3) is 0 Å². The smallest absolute Gasteiger partial charge is 0.341 e. The second kappa shape index (κ2) is 10.6. The van der Waals surface area contributed by atoms with Crippen molar-refractivity contribution in [3.8, 4) is 0 Å². The van der Waals surface area contributed by atoms with Crippen molar-refractivity contribution in [1.82, 2.24) is 14.8 Å². The zero-order valence-corrected chi connectivity index (χ0v) is 18.7. The minimum atomic E-state index is -0.411. The van der Waals surface area contributed by atoms with E-state index >= 15 is 0 Å². The predicted octanol–water partition coefficient (Wildman–Crippen LogP) is 4.34. The Morgan fingerprint density at radius 2 is 2.04 bits per heavy atom. The van der Waals surface area contributed by atoms with Gasteiger partial charge in [0, 0.05) is 17.3 Å². The average Bonchev–Trinajstić information content (AvgIpc) is 3.24. The van der Waals surface area contributed by atoms with E-state index in [-0.39, 0.29) is 17.6 Å². The molecule has 0 radical (unpaired) electrons. The molecule has 2 rings (SSSR count). The second-order valence-electron chi connectivity index (χ2n) is 6.51. The molecule has 0 saturated carbocycles. The van der Waals surface area contributed by atoms with E-state index in [1.807, 2.05) is 6.92 Å². The van der Waals surface area contributed by atoms with Gasteiger partial charge in [0.2, 0.25) is 5.91 Å². The van der Waals surface area contributed by atoms with Crippen LogP contribution in [0.15, 0.2) is 11.2 Å². The summed E-state index contributed by atoms with van der Waals surface area (Å²) in [5.41, 5.74) is 0.415. The van der Waals surface area contributed by atoms with E-state index in [0.717, 1.165) is 35.2 Å². The quantitative estimate of drug-likeness (QED) is 0.451. The predicted molar refractivity (Wildman–Crippen MR) is 113 cm³/mol. The first-order chi connectivity index (χ1) is 13.4. The van der Waals surface area contributed by atoms with Gasteiger partial charge in [-0.1, -0.05) is 39.5 Å². The summed E-state index contributed by atoms with van der Waals surface area (Å²) >= 11 is 2.76. The first kappa shape index (κ1) is 22.4. The maximum Gasteiger partial charge on any atom is 0.341 e. The van der Waals surface area contributed by atoms with Crippen LogP contribution in [0, 0.1) is 0 Å². The van der Waals surface area contributed by atoms with Crippen LogP contribution in [-0.2, 0) is 22.5 Å². The van der Waals surface area contributed by atoms with Gasteiger partial charge in [0.05, 0.1) is 17.9 Å². The summed E-state index contributed by atoms with van der Waals surface area (Å²) < 4.78 is 7.17. The lowest BCUT2D eigenvalue weighted by Gasteiger charge is -2.10. The van der Waals surface area contributed by atoms with Crippen molar-refractivity contribution >= 4 is 40.0 Å². The van der Waals surface area contributed by atoms with Crippen molar-refractivity contribution in [2.75, 3.05) is 17.7 Å². The number of thiophene rings is 1. The van der Waals surface area contributed by atoms with Gasteiger partial charge in [-0.05, 0) is 25.8 Å². The number of hydrogen-bond acceptors (Lipinski definition) is 7. The van der Waals surface area contributed by atoms with E-state index in [1.165, 1.54) is 23.1 Å². The van der Waals surface area contributed by atoms with Crippen LogP contribution in [0.2, 0.25) is 0 Å². The van der Waals surface area contributed by atoms with Crippen molar-refractivity contribution in [3.05, 3.63) is 22.3 Å². The van der Waals surface area contributed by atoms with Crippen LogP contribution in [0.5, 0.6) is 0 Å². The highest BCUT2D eigenvalue weighted by Gasteiger charge is 2.20. The monoisotopic (exact) mass is 424 g/mol. The Morgan fingerprint density at radius 3 is 2.64 bits per heavy atom. The van der Waals surface area contributed by atoms with E-state index in [1.54, 1.807) is 13.0 Å². The number of nitrogens with zero attached hydrogens (tertiary/aromatic N) is 3. The summed E-state index contributed by atoms with van der Waals surface area (Å²) in [6.45, 7) is 11.1. The third-order valence-corrected chi connectivity index (χ3v) is 6.08. The summed E-state index contributed by atoms with van der Waals surface area (Å²) in [5.74, 6) is 0.803. The summed E-state index contributed by atoms with van der Waals surface area (Å²) in [6, 6.07) is 1.79. The standard InChI is InChI=1S/C19H28N4O3S2/c1-6-9-23-16(12(4)5)21-22-19(23)27-11-15(24)20-17-14(18(25)26-8-3)10-13(7-2)28-17/h10,12H,6-9,11H2,1-5H3,(H,20,24). The lowest BCUT2D eigenvalue weighted by molar-refractivity contribution is -0.113. The Morgan fingerprint density at radius 1 is 1.29 bits per heavy atom. The molecule has 1 amide bonds. The van der Waals surface area contributed by atoms with Gasteiger partial charge in [-0.3, -0.25) is 4.79 Å². The van der Waals surface area contributed by atoms with Crippen LogP contribution in [0.4, 0.5) is 5.00 Å². The fourth-order valence-electron chi connectivity index (χ4n) is 2.63. The highest BCUT2D eigenvalue weighted by molar-refractivity contribution is 7.99. The fraction of sp³-hybridized carbons (Fsp3) is 0.579. The first-order valence-electron chi connectivity index (χ1n) is 9.56. The van der Waals surface area contributed by atoms with Crippen molar-refractivity contribution in [2.24, 2.45) is 0 Å². The molecule has 28 heavy (non-hydrogen) atoms. The van der Waals surface area contributed by atoms with E-state index in [0.29, 0.717) is 17.2 Å². The zero-order valence-electron chi connectivity index (χ0n) is 17.1. The van der Waals surface area contributed by atoms with Crippen molar-refractivity contribution < 1.29 is 14.3 Å². The zero-order chi connectivity index (χ0) is 20.7. The molecular weight excluding hydrogens is 396 g/mol. The molecule has 0 saturated heterocycles. The van der Waals surface area contributed by atoms with Gasteiger partial charge < -0.3 is 14.6 Å². The third-order valence-electron chi connectivity index (χ3n) is 3.92. The van der Waals surface area contributed by atoms with Gasteiger partial charge >= 0.3 is 5.97 Å². The Balaban J connectivity index is 2.07. The van der Waals surface area contributed by atoms with Gasteiger partial charge in [-0.25, -0.2) is 4.79 Å². The summed E-state index contributed by atoms with van der Waals surface area (Å²) in [7, 11) is 0. The van der Waals surface area contributed by atoms with Crippen molar-refractivity contribution in [2.45, 2.75) is 65.1 Å². The van der Waals surface area contributed by atoms with E-state index in [9.17, 15) is 9.59 Å². The molecule has 0 atom stereocenters. The maximum absolute atomic E-state index is 12.5. The number of rotatable bonds is 10. The molecule has 1 N–H and O–H groups in total. The van der Waals surface area contributed by atoms with Crippen molar-refractivity contribution in [1.29, 1.82) is 0 Å². The van der Waals surface area contributed by atoms with Gasteiger partial charge in [0.15, 0.2) is 5.16 Å². The Kier molecular flexibility index (Phi) is 8.50. The number of anilines is 1. The van der Waals surface area contributed by atoms with Gasteiger partial charge in [-0.15, -0.1) is 21.5 Å². The van der Waals surface area contributed by atoms with Gasteiger partial charge in [0.1, 0.15) is 10.8 Å². The largest absolute Gasteiger partial charge is 0.462 e. The molecule has 7 nitrogen and oxygen atoms in total. The van der Waals surface area contributed by atoms with Crippen LogP contribution >= 0.6 is 23.1 Å². The number of nitrogens with one attached hydrogen (secondary N) is 1. The molecule has 2 heterocycles. The molecule has 2 aromatic rings. The molecule has 0 aromatic carbocycles. The molecule has 0 spiro atoms. The maximum atomic E-state index is 12.5. The highest BCUT2D eigenvalue weighted by Crippen LogP contribution is 2.30. The number of esters is 1. The van der Waals surface area contributed by atoms with E-state index in [2.05, 4.69) is 40.9 Å². The molecule has 2 aromatic heterocycles. The number of aryl methyl sites for hydroxylation is 1. The topological polar surface area (TPSA) is 86.1 Å². The molecule has 0 aliphatic rings. The lowest BCUT2D eigenvalue weighted by Crippen LogP contribution is -2.16. The fourth-order valence-corrected chi connectivity index (χ4v) is 4.40. The number of ether oxygens (including phenoxy) is 1. The number of carbonyl (C=O) groups is 2. The SMILES string of the molecule is CCCn1c(SCC(=O)Nc2sc(CC)cc2C(=O)OCC)nnc1C(C)C. The molecule has 0 fully saturated rings. The summed E-state index contributed by atoms with van der Waals surface area (Å²) in [5, 5.41) is 12.7. The lowest BCUT2D eigenvalue weighted by atomic mass is 10.2. The molecule has 0 bridgehead atoms. The summed E-state index contributed by atoms with van der Waals surface area (Å²) in [4.78, 5) is 25.7. The van der Waals surface area contributed by atoms with Crippen LogP contribution in [0.3, 0.4) is 0 Å². The number of hydrogen-bond donors (Lipinski definition) is 1. The normalized spacial score (nSPS) is 11.1. The van der Waals surface area contributed by atoms with Gasteiger partial charge in [-0.2, -0.15) is 0 Å². The minimum absolute atomic E-state index is 0.183. The number of thioether (sulfide) groups is 1. The van der Waals surface area contributed by atoms with Crippen molar-refractivity contribution in [3.63, 3.8) is 0 Å². The molecule has 0 unspecified atom stereocenters. The Bertz CT molecular complexity index is 814. The molecule has 0 aliphatic heterocycles. The number of amides is 1. The number of carbonyl (C=O) groups excluding carboxylic acids is 2. The Hall–Kier alpha value is -1.87. The van der Waals surface area contributed by atoms with E-state index < -0.39 is 5.97 Å². The van der Waals surface area contributed by atoms with Crippen LogP contribution < -0.4 is 5.32 Å². The summed E-state index contributed by atoms with van der Waals surface area (Å²) in [6.07, 6.45) is 1.76.